The van der Waals surface area contributed by atoms with Crippen molar-refractivity contribution in [2.75, 3.05) is 11.9 Å². The molecule has 0 radical (unpaired) electrons. The molecule has 2 aliphatic rings. The molecule has 0 bridgehead atoms. The summed E-state index contributed by atoms with van der Waals surface area (Å²) in [6, 6.07) is 3.36. The monoisotopic (exact) mass is 279 g/mol. The van der Waals surface area contributed by atoms with Gasteiger partial charge in [-0.05, 0) is 30.0 Å². The molecule has 1 aromatic carbocycles. The number of Topliss-reactive ketones (excluding diaryl/α,β-unsaturated/α-hetero) is 1. The molecule has 0 aliphatic carbocycles. The van der Waals surface area contributed by atoms with Crippen LogP contribution in [-0.4, -0.2) is 24.4 Å². The number of benzene rings is 1. The normalized spacial score (nSPS) is 25.3. The first kappa shape index (κ1) is 12.6. The molecule has 2 heterocycles. The van der Waals surface area contributed by atoms with E-state index < -0.39 is 6.10 Å². The Morgan fingerprint density at radius 3 is 2.95 bits per heavy atom. The van der Waals surface area contributed by atoms with Crippen LogP contribution in [-0.2, 0) is 16.0 Å². The van der Waals surface area contributed by atoms with Crippen LogP contribution in [0.15, 0.2) is 12.1 Å². The van der Waals surface area contributed by atoms with E-state index in [9.17, 15) is 9.59 Å². The average molecular weight is 280 g/mol. The van der Waals surface area contributed by atoms with Crippen molar-refractivity contribution in [2.24, 2.45) is 5.92 Å². The van der Waals surface area contributed by atoms with Crippen molar-refractivity contribution in [2.45, 2.75) is 25.9 Å². The fourth-order valence-electron chi connectivity index (χ4n) is 2.62. The summed E-state index contributed by atoms with van der Waals surface area (Å²) in [7, 11) is 0. The third kappa shape index (κ3) is 2.15. The quantitative estimate of drug-likeness (QED) is 0.846. The van der Waals surface area contributed by atoms with Gasteiger partial charge in [-0.15, -0.1) is 0 Å². The zero-order chi connectivity index (χ0) is 13.6. The zero-order valence-corrected chi connectivity index (χ0v) is 11.3. The number of ether oxygens (including phenoxy) is 1. The Hall–Kier alpha value is -1.39. The lowest BCUT2D eigenvalue weighted by Crippen LogP contribution is -2.25. The van der Waals surface area contributed by atoms with Gasteiger partial charge in [0.1, 0.15) is 6.10 Å². The van der Waals surface area contributed by atoms with Gasteiger partial charge in [-0.2, -0.15) is 0 Å². The van der Waals surface area contributed by atoms with Crippen molar-refractivity contribution < 1.29 is 14.3 Å². The molecule has 0 spiro atoms. The number of carbonyl (C=O) groups is 2. The predicted molar refractivity (Wildman–Crippen MR) is 71.6 cm³/mol. The van der Waals surface area contributed by atoms with E-state index in [2.05, 4.69) is 5.32 Å². The number of halogens is 1. The minimum atomic E-state index is -0.416. The van der Waals surface area contributed by atoms with Gasteiger partial charge in [-0.25, -0.2) is 0 Å². The maximum absolute atomic E-state index is 12.4. The Bertz CT molecular complexity index is 570. The summed E-state index contributed by atoms with van der Waals surface area (Å²) in [6.45, 7) is 2.61. The van der Waals surface area contributed by atoms with Crippen LogP contribution < -0.4 is 5.32 Å². The van der Waals surface area contributed by atoms with Crippen LogP contribution in [0.4, 0.5) is 5.69 Å². The summed E-state index contributed by atoms with van der Waals surface area (Å²) in [6.07, 6.45) is 0.771. The van der Waals surface area contributed by atoms with Crippen molar-refractivity contribution in [3.05, 3.63) is 28.3 Å². The highest BCUT2D eigenvalue weighted by Crippen LogP contribution is 2.32. The summed E-state index contributed by atoms with van der Waals surface area (Å²) in [5.41, 5.74) is 1.98. The Balaban J connectivity index is 1.95. The van der Waals surface area contributed by atoms with Gasteiger partial charge < -0.3 is 10.1 Å². The standard InChI is InChI=1S/C14H14ClNO3/c1-7-2-3-19-14(7)13(18)9-4-8-5-12(17)16-11(8)6-10(9)15/h4,6-7,14H,2-3,5H2,1H3,(H,16,17). The zero-order valence-electron chi connectivity index (χ0n) is 10.5. The van der Waals surface area contributed by atoms with Crippen LogP contribution in [0.2, 0.25) is 5.02 Å². The van der Waals surface area contributed by atoms with E-state index in [0.717, 1.165) is 12.0 Å². The molecule has 100 valence electrons. The van der Waals surface area contributed by atoms with Gasteiger partial charge in [0.15, 0.2) is 5.78 Å². The van der Waals surface area contributed by atoms with Crippen molar-refractivity contribution in [1.29, 1.82) is 0 Å². The third-order valence-corrected chi connectivity index (χ3v) is 4.04. The second kappa shape index (κ2) is 4.62. The number of rotatable bonds is 2. The smallest absolute Gasteiger partial charge is 0.228 e. The summed E-state index contributed by atoms with van der Waals surface area (Å²) in [5.74, 6) is 0.0508. The van der Waals surface area contributed by atoms with Crippen LogP contribution in [0.1, 0.15) is 29.3 Å². The molecule has 3 rings (SSSR count). The highest BCUT2D eigenvalue weighted by atomic mass is 35.5. The number of amides is 1. The summed E-state index contributed by atoms with van der Waals surface area (Å²) in [5, 5.41) is 3.09. The number of hydrogen-bond acceptors (Lipinski definition) is 3. The van der Waals surface area contributed by atoms with Gasteiger partial charge in [-0.1, -0.05) is 18.5 Å². The fraction of sp³-hybridized carbons (Fsp3) is 0.429. The first-order chi connectivity index (χ1) is 9.06. The van der Waals surface area contributed by atoms with E-state index in [1.54, 1.807) is 12.1 Å². The third-order valence-electron chi connectivity index (χ3n) is 3.73. The van der Waals surface area contributed by atoms with Crippen molar-refractivity contribution in [1.82, 2.24) is 0 Å². The highest BCUT2D eigenvalue weighted by molar-refractivity contribution is 6.34. The van der Waals surface area contributed by atoms with Gasteiger partial charge in [-0.3, -0.25) is 9.59 Å². The second-order valence-electron chi connectivity index (χ2n) is 5.14. The molecule has 1 saturated heterocycles. The van der Waals surface area contributed by atoms with Gasteiger partial charge in [0.2, 0.25) is 5.91 Å². The fourth-order valence-corrected chi connectivity index (χ4v) is 2.88. The minimum absolute atomic E-state index is 0.0684. The maximum Gasteiger partial charge on any atom is 0.228 e. The molecule has 4 nitrogen and oxygen atoms in total. The molecular weight excluding hydrogens is 266 g/mol. The lowest BCUT2D eigenvalue weighted by atomic mass is 9.95. The molecular formula is C14H14ClNO3. The van der Waals surface area contributed by atoms with E-state index >= 15 is 0 Å². The average Bonchev–Trinajstić information content (AvgIpc) is 2.92. The summed E-state index contributed by atoms with van der Waals surface area (Å²) in [4.78, 5) is 23.8. The molecule has 2 unspecified atom stereocenters. The van der Waals surface area contributed by atoms with Crippen LogP contribution in [0.5, 0.6) is 0 Å². The van der Waals surface area contributed by atoms with Crippen LogP contribution >= 0.6 is 11.6 Å². The van der Waals surface area contributed by atoms with E-state index in [4.69, 9.17) is 16.3 Å². The SMILES string of the molecule is CC1CCOC1C(=O)c1cc2c(cc1Cl)NC(=O)C2. The van der Waals surface area contributed by atoms with Gasteiger partial charge in [0.25, 0.3) is 0 Å². The van der Waals surface area contributed by atoms with Gasteiger partial charge >= 0.3 is 0 Å². The first-order valence-corrected chi connectivity index (χ1v) is 6.72. The Morgan fingerprint density at radius 1 is 1.47 bits per heavy atom. The summed E-state index contributed by atoms with van der Waals surface area (Å²) < 4.78 is 5.49. The minimum Gasteiger partial charge on any atom is -0.370 e. The number of hydrogen-bond donors (Lipinski definition) is 1. The second-order valence-corrected chi connectivity index (χ2v) is 5.54. The van der Waals surface area contributed by atoms with Crippen LogP contribution in [0.3, 0.4) is 0 Å². The molecule has 2 aliphatic heterocycles. The van der Waals surface area contributed by atoms with Crippen LogP contribution in [0, 0.1) is 5.92 Å². The predicted octanol–water partition coefficient (Wildman–Crippen LogP) is 2.44. The molecule has 0 aromatic heterocycles. The van der Waals surface area contributed by atoms with Crippen LogP contribution in [0.25, 0.3) is 0 Å². The molecule has 1 fully saturated rings. The van der Waals surface area contributed by atoms with E-state index in [-0.39, 0.29) is 17.6 Å². The van der Waals surface area contributed by atoms with Crippen molar-refractivity contribution in [3.8, 4) is 0 Å². The first-order valence-electron chi connectivity index (χ1n) is 6.34. The molecule has 1 N–H and O–H groups in total. The number of ketones is 1. The topological polar surface area (TPSA) is 55.4 Å². The molecule has 19 heavy (non-hydrogen) atoms. The summed E-state index contributed by atoms with van der Waals surface area (Å²) >= 11 is 6.15. The lowest BCUT2D eigenvalue weighted by molar-refractivity contribution is -0.115. The van der Waals surface area contributed by atoms with Gasteiger partial charge in [0.05, 0.1) is 11.4 Å². The number of anilines is 1. The van der Waals surface area contributed by atoms with E-state index in [1.165, 1.54) is 0 Å². The largest absolute Gasteiger partial charge is 0.370 e. The Kier molecular flexibility index (Phi) is 3.07. The Morgan fingerprint density at radius 2 is 2.26 bits per heavy atom. The number of fused-ring (bicyclic) bond motifs is 1. The molecule has 0 saturated carbocycles. The lowest BCUT2D eigenvalue weighted by Gasteiger charge is -2.15. The molecule has 2 atom stereocenters. The number of nitrogens with one attached hydrogen (secondary N) is 1. The van der Waals surface area contributed by atoms with Gasteiger partial charge in [0, 0.05) is 17.9 Å². The maximum atomic E-state index is 12.4. The molecule has 5 heteroatoms. The molecule has 1 amide bonds. The van der Waals surface area contributed by atoms with Crippen molar-refractivity contribution >= 4 is 29.0 Å². The molecule has 1 aromatic rings. The Labute approximate surface area is 116 Å². The van der Waals surface area contributed by atoms with Crippen molar-refractivity contribution in [3.63, 3.8) is 0 Å². The van der Waals surface area contributed by atoms with E-state index in [0.29, 0.717) is 29.3 Å². The number of carbonyl (C=O) groups excluding carboxylic acids is 2. The highest BCUT2D eigenvalue weighted by Gasteiger charge is 2.33. The van der Waals surface area contributed by atoms with E-state index in [1.807, 2.05) is 6.92 Å².